The highest BCUT2D eigenvalue weighted by Gasteiger charge is 2.26. The zero-order valence-electron chi connectivity index (χ0n) is 13.8. The molecule has 0 saturated carbocycles. The van der Waals surface area contributed by atoms with Crippen molar-refractivity contribution in [2.75, 3.05) is 5.75 Å². The number of para-hydroxylation sites is 1. The van der Waals surface area contributed by atoms with Crippen molar-refractivity contribution in [3.05, 3.63) is 65.9 Å². The first-order valence-electron chi connectivity index (χ1n) is 8.50. The van der Waals surface area contributed by atoms with E-state index < -0.39 is 15.6 Å². The van der Waals surface area contributed by atoms with Crippen LogP contribution in [0.5, 0.6) is 0 Å². The topological polar surface area (TPSA) is 56.1 Å². The van der Waals surface area contributed by atoms with E-state index in [1.54, 1.807) is 22.8 Å². The molecule has 1 aromatic heterocycles. The standard InChI is InChI=1S/C20H19NO3S/c22-20(14-25(23,24)15-8-2-1-3-9-15)21-18-12-6-4-10-16(18)17-11-5-7-13-19(17)21/h1-4,6,8-10,12H,5,7,11,13-14H2. The van der Waals surface area contributed by atoms with E-state index >= 15 is 0 Å². The monoisotopic (exact) mass is 353 g/mol. The van der Waals surface area contributed by atoms with Crippen molar-refractivity contribution in [3.63, 3.8) is 0 Å². The molecule has 3 aromatic rings. The Morgan fingerprint density at radius 3 is 2.40 bits per heavy atom. The maximum absolute atomic E-state index is 13.0. The van der Waals surface area contributed by atoms with Gasteiger partial charge in [-0.15, -0.1) is 0 Å². The first kappa shape index (κ1) is 16.1. The van der Waals surface area contributed by atoms with Gasteiger partial charge in [0, 0.05) is 11.1 Å². The Labute approximate surface area is 147 Å². The number of rotatable bonds is 3. The normalized spacial score (nSPS) is 14.4. The fourth-order valence-electron chi connectivity index (χ4n) is 3.72. The molecule has 0 atom stereocenters. The summed E-state index contributed by atoms with van der Waals surface area (Å²) in [5.74, 6) is -0.884. The Bertz CT molecular complexity index is 1050. The van der Waals surface area contributed by atoms with Crippen LogP contribution in [0.4, 0.5) is 0 Å². The van der Waals surface area contributed by atoms with Gasteiger partial charge in [0.15, 0.2) is 9.84 Å². The van der Waals surface area contributed by atoms with Crippen molar-refractivity contribution in [2.24, 2.45) is 0 Å². The lowest BCUT2D eigenvalue weighted by Crippen LogP contribution is -2.24. The molecule has 2 aromatic carbocycles. The van der Waals surface area contributed by atoms with Gasteiger partial charge in [-0.3, -0.25) is 9.36 Å². The summed E-state index contributed by atoms with van der Waals surface area (Å²) in [6.45, 7) is 0. The van der Waals surface area contributed by atoms with Gasteiger partial charge in [0.25, 0.3) is 0 Å². The number of aryl methyl sites for hydroxylation is 1. The van der Waals surface area contributed by atoms with E-state index in [0.29, 0.717) is 0 Å². The van der Waals surface area contributed by atoms with E-state index in [2.05, 4.69) is 0 Å². The fraction of sp³-hybridized carbons (Fsp3) is 0.250. The largest absolute Gasteiger partial charge is 0.283 e. The van der Waals surface area contributed by atoms with Crippen LogP contribution < -0.4 is 0 Å². The molecular formula is C20H19NO3S. The summed E-state index contributed by atoms with van der Waals surface area (Å²) in [7, 11) is -3.65. The number of carbonyl (C=O) groups is 1. The summed E-state index contributed by atoms with van der Waals surface area (Å²) >= 11 is 0. The van der Waals surface area contributed by atoms with Crippen LogP contribution in [0, 0.1) is 0 Å². The molecular weight excluding hydrogens is 334 g/mol. The molecule has 0 bridgehead atoms. The van der Waals surface area contributed by atoms with Crippen molar-refractivity contribution in [1.29, 1.82) is 0 Å². The lowest BCUT2D eigenvalue weighted by molar-refractivity contribution is 0.0941. The van der Waals surface area contributed by atoms with Gasteiger partial charge < -0.3 is 0 Å². The summed E-state index contributed by atoms with van der Waals surface area (Å²) < 4.78 is 26.9. The third kappa shape index (κ3) is 2.78. The number of sulfone groups is 1. The van der Waals surface area contributed by atoms with Gasteiger partial charge in [0.05, 0.1) is 10.4 Å². The predicted octanol–water partition coefficient (Wildman–Crippen LogP) is 3.63. The predicted molar refractivity (Wildman–Crippen MR) is 97.7 cm³/mol. The fourth-order valence-corrected chi connectivity index (χ4v) is 4.91. The molecule has 0 amide bonds. The SMILES string of the molecule is O=C(CS(=O)(=O)c1ccccc1)n1c2c(c3ccccc31)CCCC2. The molecule has 0 saturated heterocycles. The minimum absolute atomic E-state index is 0.189. The number of benzene rings is 2. The highest BCUT2D eigenvalue weighted by Crippen LogP contribution is 2.32. The molecule has 25 heavy (non-hydrogen) atoms. The molecule has 128 valence electrons. The molecule has 1 heterocycles. The lowest BCUT2D eigenvalue weighted by Gasteiger charge is -2.15. The molecule has 0 fully saturated rings. The molecule has 1 aliphatic carbocycles. The lowest BCUT2D eigenvalue weighted by atomic mass is 9.96. The van der Waals surface area contributed by atoms with Crippen LogP contribution in [0.2, 0.25) is 0 Å². The third-order valence-electron chi connectivity index (χ3n) is 4.84. The second-order valence-corrected chi connectivity index (χ2v) is 8.44. The van der Waals surface area contributed by atoms with Crippen LogP contribution in [0.3, 0.4) is 0 Å². The average molecular weight is 353 g/mol. The molecule has 0 N–H and O–H groups in total. The third-order valence-corrected chi connectivity index (χ3v) is 6.46. The molecule has 0 spiro atoms. The minimum Gasteiger partial charge on any atom is -0.283 e. The first-order chi connectivity index (χ1) is 12.1. The molecule has 4 rings (SSSR count). The molecule has 5 heteroatoms. The smallest absolute Gasteiger partial charge is 0.246 e. The number of hydrogen-bond donors (Lipinski definition) is 0. The number of hydrogen-bond acceptors (Lipinski definition) is 3. The molecule has 0 unspecified atom stereocenters. The zero-order valence-corrected chi connectivity index (χ0v) is 14.6. The molecule has 1 aliphatic rings. The van der Waals surface area contributed by atoms with E-state index in [9.17, 15) is 13.2 Å². The van der Waals surface area contributed by atoms with Crippen LogP contribution in [-0.4, -0.2) is 24.6 Å². The van der Waals surface area contributed by atoms with Crippen LogP contribution in [0.15, 0.2) is 59.5 Å². The van der Waals surface area contributed by atoms with E-state index in [-0.39, 0.29) is 10.8 Å². The highest BCUT2D eigenvalue weighted by molar-refractivity contribution is 7.92. The molecule has 4 nitrogen and oxygen atoms in total. The highest BCUT2D eigenvalue weighted by atomic mass is 32.2. The van der Waals surface area contributed by atoms with Crippen LogP contribution in [-0.2, 0) is 22.7 Å². The van der Waals surface area contributed by atoms with Gasteiger partial charge in [0.1, 0.15) is 5.75 Å². The summed E-state index contributed by atoms with van der Waals surface area (Å²) in [6, 6.07) is 16.0. The van der Waals surface area contributed by atoms with E-state index in [1.165, 1.54) is 17.7 Å². The van der Waals surface area contributed by atoms with Crippen molar-refractivity contribution < 1.29 is 13.2 Å². The summed E-state index contributed by atoms with van der Waals surface area (Å²) in [4.78, 5) is 13.2. The number of nitrogens with zero attached hydrogens (tertiary/aromatic N) is 1. The second kappa shape index (κ2) is 6.15. The van der Waals surface area contributed by atoms with Crippen molar-refractivity contribution >= 4 is 26.6 Å². The summed E-state index contributed by atoms with van der Waals surface area (Å²) in [5.41, 5.74) is 3.01. The van der Waals surface area contributed by atoms with Gasteiger partial charge in [-0.05, 0) is 49.4 Å². The summed E-state index contributed by atoms with van der Waals surface area (Å²) in [5, 5.41) is 1.07. The van der Waals surface area contributed by atoms with Crippen molar-refractivity contribution in [3.8, 4) is 0 Å². The average Bonchev–Trinajstić information content (AvgIpc) is 2.97. The molecule has 0 aliphatic heterocycles. The van der Waals surface area contributed by atoms with Crippen LogP contribution >= 0.6 is 0 Å². The van der Waals surface area contributed by atoms with E-state index in [0.717, 1.165) is 42.3 Å². The van der Waals surface area contributed by atoms with Gasteiger partial charge in [-0.2, -0.15) is 0 Å². The first-order valence-corrected chi connectivity index (χ1v) is 10.2. The number of carbonyl (C=O) groups excluding carboxylic acids is 1. The Kier molecular flexibility index (Phi) is 3.96. The van der Waals surface area contributed by atoms with Gasteiger partial charge in [-0.1, -0.05) is 36.4 Å². The van der Waals surface area contributed by atoms with Crippen molar-refractivity contribution in [2.45, 2.75) is 30.6 Å². The maximum atomic E-state index is 13.0. The van der Waals surface area contributed by atoms with Crippen LogP contribution in [0.1, 0.15) is 28.9 Å². The molecule has 0 radical (unpaired) electrons. The maximum Gasteiger partial charge on any atom is 0.246 e. The minimum atomic E-state index is -3.65. The van der Waals surface area contributed by atoms with Gasteiger partial charge in [0.2, 0.25) is 5.91 Å². The number of fused-ring (bicyclic) bond motifs is 3. The van der Waals surface area contributed by atoms with E-state index in [4.69, 9.17) is 0 Å². The quantitative estimate of drug-likeness (QED) is 0.722. The Morgan fingerprint density at radius 1 is 0.920 bits per heavy atom. The Morgan fingerprint density at radius 2 is 1.60 bits per heavy atom. The number of aromatic nitrogens is 1. The Hall–Kier alpha value is -2.40. The van der Waals surface area contributed by atoms with E-state index in [1.807, 2.05) is 24.3 Å². The Balaban J connectivity index is 1.79. The van der Waals surface area contributed by atoms with Gasteiger partial charge in [-0.25, -0.2) is 8.42 Å². The zero-order chi connectivity index (χ0) is 17.4. The van der Waals surface area contributed by atoms with Gasteiger partial charge >= 0.3 is 0 Å². The summed E-state index contributed by atoms with van der Waals surface area (Å²) in [6.07, 6.45) is 3.91. The van der Waals surface area contributed by atoms with Crippen molar-refractivity contribution in [1.82, 2.24) is 4.57 Å². The van der Waals surface area contributed by atoms with Crippen LogP contribution in [0.25, 0.3) is 10.9 Å². The second-order valence-electron chi connectivity index (χ2n) is 6.45.